The quantitative estimate of drug-likeness (QED) is 0.110. The number of nitrogens with zero attached hydrogens (tertiary/aromatic N) is 8. The molecule has 0 aliphatic carbocycles. The van der Waals surface area contributed by atoms with Crippen LogP contribution in [0.3, 0.4) is 0 Å². The van der Waals surface area contributed by atoms with Crippen molar-refractivity contribution in [1.29, 1.82) is 0 Å². The molecule has 8 aromatic carbocycles. The second-order valence-electron chi connectivity index (χ2n) is 21.9. The molecular weight excluding hydrogens is 1080 g/mol. The van der Waals surface area contributed by atoms with Gasteiger partial charge in [0.1, 0.15) is 11.0 Å². The molecule has 0 atom stereocenters. The second-order valence-corrected chi connectivity index (χ2v) is 21.9. The molecule has 16 nitrogen and oxygen atoms in total. The summed E-state index contributed by atoms with van der Waals surface area (Å²) >= 11 is 0. The number of hydrogen-bond donors (Lipinski definition) is 2. The third-order valence-corrected chi connectivity index (χ3v) is 16.7. The molecule has 2 aliphatic heterocycles. The third-order valence-electron chi connectivity index (χ3n) is 16.7. The molecule has 14 rings (SSSR count). The number of esters is 2. The van der Waals surface area contributed by atoms with Gasteiger partial charge in [0.05, 0.1) is 81.2 Å². The van der Waals surface area contributed by atoms with Crippen LogP contribution in [0.4, 0.5) is 0 Å². The molecule has 0 spiro atoms. The highest BCUT2D eigenvalue weighted by Gasteiger charge is 2.27. The van der Waals surface area contributed by atoms with E-state index in [2.05, 4.69) is 68.3 Å². The number of piperidine rings is 2. The third kappa shape index (κ3) is 11.1. The van der Waals surface area contributed by atoms with Crippen LogP contribution in [-0.4, -0.2) is 101 Å². The Balaban J connectivity index is 0.000000160. The molecule has 0 saturated carbocycles. The molecule has 12 aromatic rings. The lowest BCUT2D eigenvalue weighted by atomic mass is 10.0. The Hall–Kier alpha value is -10.2. The maximum Gasteiger partial charge on any atom is 0.340 e. The van der Waals surface area contributed by atoms with Crippen LogP contribution in [-0.2, 0) is 22.6 Å². The minimum atomic E-state index is -0.438. The van der Waals surface area contributed by atoms with E-state index < -0.39 is 11.9 Å². The van der Waals surface area contributed by atoms with E-state index in [4.69, 9.17) is 29.4 Å². The highest BCUT2D eigenvalue weighted by atomic mass is 16.5. The predicted octanol–water partition coefficient (Wildman–Crippen LogP) is 12.5. The molecule has 0 unspecified atom stereocenters. The highest BCUT2D eigenvalue weighted by Crippen LogP contribution is 2.36. The number of nitrogens with one attached hydrogen (secondary N) is 2. The average Bonchev–Trinajstić information content (AvgIpc) is 2.55. The topological polar surface area (TPSA) is 186 Å². The fourth-order valence-electron chi connectivity index (χ4n) is 12.3. The lowest BCUT2D eigenvalue weighted by Crippen LogP contribution is -2.36. The second kappa shape index (κ2) is 24.2. The van der Waals surface area contributed by atoms with Crippen LogP contribution in [0.2, 0.25) is 0 Å². The fourth-order valence-corrected chi connectivity index (χ4v) is 12.3. The van der Waals surface area contributed by atoms with Gasteiger partial charge in [-0.15, -0.1) is 0 Å². The van der Waals surface area contributed by atoms with Crippen molar-refractivity contribution in [2.24, 2.45) is 0 Å². The Morgan fingerprint density at radius 2 is 0.767 bits per heavy atom. The van der Waals surface area contributed by atoms with Gasteiger partial charge in [0.25, 0.3) is 0 Å². The summed E-state index contributed by atoms with van der Waals surface area (Å²) < 4.78 is 13.9. The zero-order valence-electron chi connectivity index (χ0n) is 47.7. The Bertz CT molecular complexity index is 4560. The zero-order valence-corrected chi connectivity index (χ0v) is 47.7. The van der Waals surface area contributed by atoms with Crippen LogP contribution < -0.4 is 11.4 Å². The van der Waals surface area contributed by atoms with Gasteiger partial charge in [0.15, 0.2) is 0 Å². The van der Waals surface area contributed by atoms with Crippen molar-refractivity contribution in [2.75, 3.05) is 40.4 Å². The number of H-pyrrole nitrogens is 2. The van der Waals surface area contributed by atoms with Crippen molar-refractivity contribution in [1.82, 2.24) is 48.8 Å². The van der Waals surface area contributed by atoms with Gasteiger partial charge in [-0.25, -0.2) is 39.1 Å². The van der Waals surface area contributed by atoms with E-state index in [1.807, 2.05) is 130 Å². The van der Waals surface area contributed by atoms with E-state index in [0.717, 1.165) is 121 Å². The van der Waals surface area contributed by atoms with Gasteiger partial charge in [0, 0.05) is 73.6 Å². The minimum absolute atomic E-state index is 0.0246. The number of ether oxygens (including phenoxy) is 2. The molecule has 6 heterocycles. The van der Waals surface area contributed by atoms with Gasteiger partial charge >= 0.3 is 23.3 Å². The van der Waals surface area contributed by atoms with Crippen molar-refractivity contribution >= 4 is 56.1 Å². The lowest BCUT2D eigenvalue weighted by molar-refractivity contribution is 0.0593. The molecule has 0 bridgehead atoms. The predicted molar refractivity (Wildman–Crippen MR) is 336 cm³/mol. The Morgan fingerprint density at radius 3 is 1.15 bits per heavy atom. The summed E-state index contributed by atoms with van der Waals surface area (Å²) in [6.07, 6.45) is 3.71. The van der Waals surface area contributed by atoms with Crippen molar-refractivity contribution in [3.8, 4) is 45.0 Å². The van der Waals surface area contributed by atoms with E-state index in [9.17, 15) is 19.2 Å². The van der Waals surface area contributed by atoms with Crippen molar-refractivity contribution < 1.29 is 19.1 Å². The number of carbonyl (C=O) groups is 2. The van der Waals surface area contributed by atoms with E-state index in [-0.39, 0.29) is 23.5 Å². The first-order valence-corrected chi connectivity index (χ1v) is 29.1. The first-order chi connectivity index (χ1) is 42.2. The minimum Gasteiger partial charge on any atom is -0.465 e. The Labute approximate surface area is 495 Å². The van der Waals surface area contributed by atoms with Gasteiger partial charge in [-0.05, 0) is 85.3 Å². The van der Waals surface area contributed by atoms with Gasteiger partial charge in [0.2, 0.25) is 0 Å². The summed E-state index contributed by atoms with van der Waals surface area (Å²) in [6.45, 7) is 5.36. The van der Waals surface area contributed by atoms with Crippen LogP contribution in [0.5, 0.6) is 0 Å². The molecule has 2 saturated heterocycles. The van der Waals surface area contributed by atoms with Gasteiger partial charge < -0.3 is 19.4 Å². The van der Waals surface area contributed by atoms with Crippen molar-refractivity contribution in [2.45, 2.75) is 50.9 Å². The number of rotatable bonds is 12. The molecule has 2 N–H and O–H groups in total. The summed E-state index contributed by atoms with van der Waals surface area (Å²) in [7, 11) is 2.74. The van der Waals surface area contributed by atoms with Crippen molar-refractivity contribution in [3.05, 3.63) is 237 Å². The van der Waals surface area contributed by atoms with Crippen LogP contribution in [0.25, 0.3) is 89.2 Å². The maximum absolute atomic E-state index is 12.7. The van der Waals surface area contributed by atoms with Crippen molar-refractivity contribution in [3.63, 3.8) is 0 Å². The van der Waals surface area contributed by atoms with E-state index in [1.54, 1.807) is 24.3 Å². The molecule has 16 heteroatoms. The molecule has 86 heavy (non-hydrogen) atoms. The number of hydrogen-bond acceptors (Lipinski definition) is 12. The smallest absolute Gasteiger partial charge is 0.340 e. The Morgan fingerprint density at radius 1 is 0.419 bits per heavy atom. The SMILES string of the molecule is COC(=O)c1cccc2nc(-c3ccc(CN4CCC(n5c(=O)[nH]c6ccccc65)CC4)cc3)c(-c3ccccc3)nc12.COC(=O)c1cccc2nc(-c3ccccc3)c(-c3ccc(CN4CCC(n5c(=O)[nH]c6ccccc65)CC4)cc3)nc12. The number of para-hydroxylation sites is 6. The molecule has 4 aromatic heterocycles. The number of aromatic amines is 2. The number of aromatic nitrogens is 8. The largest absolute Gasteiger partial charge is 0.465 e. The van der Waals surface area contributed by atoms with Crippen LogP contribution in [0.15, 0.2) is 204 Å². The Kier molecular flexibility index (Phi) is 15.5. The van der Waals surface area contributed by atoms with Gasteiger partial charge in [-0.1, -0.05) is 146 Å². The van der Waals surface area contributed by atoms with Crippen LogP contribution >= 0.6 is 0 Å². The summed E-state index contributed by atoms with van der Waals surface area (Å²) in [5.41, 5.74) is 15.9. The number of likely N-dealkylation sites (tertiary alicyclic amines) is 2. The van der Waals surface area contributed by atoms with Crippen LogP contribution in [0, 0.1) is 0 Å². The normalized spacial score (nSPS) is 14.3. The van der Waals surface area contributed by atoms with Crippen LogP contribution in [0.1, 0.15) is 69.6 Å². The van der Waals surface area contributed by atoms with E-state index in [1.165, 1.54) is 25.3 Å². The fraction of sp³-hybridized carbons (Fsp3) is 0.200. The molecule has 428 valence electrons. The summed E-state index contributed by atoms with van der Waals surface area (Å²) in [4.78, 5) is 81.1. The molecule has 2 aliphatic rings. The standard InChI is InChI=1S/2C35H31N5O3/c1-43-34(41)27-10-7-12-29-33(27)38-32(24-8-3-2-4-9-24)31(36-29)25-16-14-23(15-17-25)22-39-20-18-26(19-21-39)40-30-13-6-5-11-28(30)37-35(40)42;1-43-34(41)27-10-7-12-29-33(27)38-32(31(36-29)24-8-3-2-4-9-24)25-16-14-23(15-17-25)22-39-20-18-26(19-21-39)40-30-13-6-5-11-28(30)37-35(40)42/h2*2-17,26H,18-22H2,1H3,(H,37,42). The molecule has 0 radical (unpaired) electrons. The van der Waals surface area contributed by atoms with Gasteiger partial charge in [-0.3, -0.25) is 18.9 Å². The number of benzene rings is 8. The first-order valence-electron chi connectivity index (χ1n) is 29.1. The summed E-state index contributed by atoms with van der Waals surface area (Å²) in [6, 6.07) is 63.8. The monoisotopic (exact) mass is 1140 g/mol. The number of fused-ring (bicyclic) bond motifs is 4. The zero-order chi connectivity index (χ0) is 58.7. The first kappa shape index (κ1) is 55.1. The molecule has 0 amide bonds. The molecule has 2 fully saturated rings. The highest BCUT2D eigenvalue weighted by molar-refractivity contribution is 6.04. The summed E-state index contributed by atoms with van der Waals surface area (Å²) in [5.74, 6) is -0.874. The maximum atomic E-state index is 12.7. The number of carbonyl (C=O) groups excluding carboxylic acids is 2. The number of methoxy groups -OCH3 is 2. The lowest BCUT2D eigenvalue weighted by Gasteiger charge is -2.32. The average molecular weight is 1140 g/mol. The number of imidazole rings is 2. The van der Waals surface area contributed by atoms with E-state index in [0.29, 0.717) is 44.6 Å². The van der Waals surface area contributed by atoms with E-state index >= 15 is 0 Å². The molecular formula is C70H62N10O6. The summed E-state index contributed by atoms with van der Waals surface area (Å²) in [5, 5.41) is 0. The van der Waals surface area contributed by atoms with Gasteiger partial charge in [-0.2, -0.15) is 0 Å².